The molecule has 106 valence electrons. The average molecular weight is 275 g/mol. The van der Waals surface area contributed by atoms with Crippen molar-refractivity contribution < 1.29 is 13.7 Å². The van der Waals surface area contributed by atoms with Gasteiger partial charge in [-0.15, -0.1) is 0 Å². The summed E-state index contributed by atoms with van der Waals surface area (Å²) in [7, 11) is 0. The fourth-order valence-electron chi connectivity index (χ4n) is 2.61. The molecule has 0 radical (unpaired) electrons. The zero-order valence-corrected chi connectivity index (χ0v) is 11.4. The second-order valence-corrected chi connectivity index (χ2v) is 5.00. The van der Waals surface area contributed by atoms with Gasteiger partial charge in [0.15, 0.2) is 5.82 Å². The van der Waals surface area contributed by atoms with Gasteiger partial charge in [0.2, 0.25) is 11.8 Å². The third-order valence-electron chi connectivity index (χ3n) is 3.58. The van der Waals surface area contributed by atoms with Crippen molar-refractivity contribution in [3.05, 3.63) is 35.9 Å². The predicted octanol–water partition coefficient (Wildman–Crippen LogP) is 2.27. The summed E-state index contributed by atoms with van der Waals surface area (Å²) in [5, 5.41) is 3.94. The zero-order valence-electron chi connectivity index (χ0n) is 11.4. The number of nitrogens with zero attached hydrogens (tertiary/aromatic N) is 3. The van der Waals surface area contributed by atoms with Gasteiger partial charge in [0.1, 0.15) is 5.76 Å². The highest BCUT2D eigenvalue weighted by atomic mass is 16.5. The molecule has 3 rings (SSSR count). The Morgan fingerprint density at radius 3 is 3.15 bits per heavy atom. The molecule has 0 aromatic carbocycles. The summed E-state index contributed by atoms with van der Waals surface area (Å²) in [6, 6.07) is 3.68. The van der Waals surface area contributed by atoms with Crippen molar-refractivity contribution in [3.8, 4) is 0 Å². The monoisotopic (exact) mass is 275 g/mol. The standard InChI is InChI=1S/C14H17N3O3/c1-10-15-14(16-20-10)12-5-2-8-17(12)13(18)7-6-11-4-3-9-19-11/h3-4,9,12H,2,5-8H2,1H3/t12-/m0/s1. The number of aryl methyl sites for hydroxylation is 2. The van der Waals surface area contributed by atoms with Crippen molar-refractivity contribution in [2.24, 2.45) is 0 Å². The van der Waals surface area contributed by atoms with Crippen LogP contribution in [0.5, 0.6) is 0 Å². The van der Waals surface area contributed by atoms with E-state index in [-0.39, 0.29) is 11.9 Å². The largest absolute Gasteiger partial charge is 0.469 e. The summed E-state index contributed by atoms with van der Waals surface area (Å²) in [6.45, 7) is 2.52. The van der Waals surface area contributed by atoms with Crippen LogP contribution in [0.4, 0.5) is 0 Å². The minimum Gasteiger partial charge on any atom is -0.469 e. The number of aromatic nitrogens is 2. The maximum Gasteiger partial charge on any atom is 0.223 e. The summed E-state index contributed by atoms with van der Waals surface area (Å²) < 4.78 is 10.3. The number of hydrogen-bond acceptors (Lipinski definition) is 5. The SMILES string of the molecule is Cc1nc([C@@H]2CCCN2C(=O)CCc2ccco2)no1. The molecule has 1 aliphatic heterocycles. The fraction of sp³-hybridized carbons (Fsp3) is 0.500. The summed E-state index contributed by atoms with van der Waals surface area (Å²) in [4.78, 5) is 18.4. The first kappa shape index (κ1) is 12.9. The number of likely N-dealkylation sites (tertiary alicyclic amines) is 1. The predicted molar refractivity (Wildman–Crippen MR) is 69.8 cm³/mol. The second kappa shape index (κ2) is 5.48. The molecule has 1 fully saturated rings. The number of rotatable bonds is 4. The highest BCUT2D eigenvalue weighted by molar-refractivity contribution is 5.77. The number of furan rings is 1. The van der Waals surface area contributed by atoms with E-state index in [1.54, 1.807) is 13.2 Å². The van der Waals surface area contributed by atoms with Crippen molar-refractivity contribution >= 4 is 5.91 Å². The molecule has 0 bridgehead atoms. The van der Waals surface area contributed by atoms with Gasteiger partial charge in [-0.25, -0.2) is 0 Å². The summed E-state index contributed by atoms with van der Waals surface area (Å²) in [6.07, 6.45) is 4.57. The molecule has 1 amide bonds. The minimum atomic E-state index is -0.0449. The van der Waals surface area contributed by atoms with Crippen LogP contribution in [0.15, 0.2) is 27.3 Å². The van der Waals surface area contributed by atoms with Gasteiger partial charge in [-0.05, 0) is 25.0 Å². The Kier molecular flexibility index (Phi) is 3.54. The van der Waals surface area contributed by atoms with Gasteiger partial charge in [0.25, 0.3) is 0 Å². The van der Waals surface area contributed by atoms with E-state index in [9.17, 15) is 4.79 Å². The van der Waals surface area contributed by atoms with Crippen molar-refractivity contribution in [1.82, 2.24) is 15.0 Å². The highest BCUT2D eigenvalue weighted by Gasteiger charge is 2.32. The maximum atomic E-state index is 12.3. The van der Waals surface area contributed by atoms with E-state index in [1.807, 2.05) is 17.0 Å². The first-order valence-corrected chi connectivity index (χ1v) is 6.86. The van der Waals surface area contributed by atoms with Gasteiger partial charge in [0, 0.05) is 26.3 Å². The van der Waals surface area contributed by atoms with Gasteiger partial charge >= 0.3 is 0 Å². The van der Waals surface area contributed by atoms with Gasteiger partial charge < -0.3 is 13.8 Å². The van der Waals surface area contributed by atoms with E-state index >= 15 is 0 Å². The lowest BCUT2D eigenvalue weighted by Gasteiger charge is -2.22. The molecule has 1 atom stereocenters. The van der Waals surface area contributed by atoms with Crippen LogP contribution in [-0.4, -0.2) is 27.5 Å². The Labute approximate surface area is 116 Å². The van der Waals surface area contributed by atoms with Crippen molar-refractivity contribution in [1.29, 1.82) is 0 Å². The van der Waals surface area contributed by atoms with Crippen LogP contribution in [0.3, 0.4) is 0 Å². The van der Waals surface area contributed by atoms with E-state index in [4.69, 9.17) is 8.94 Å². The Morgan fingerprint density at radius 2 is 2.45 bits per heavy atom. The molecule has 20 heavy (non-hydrogen) atoms. The molecule has 1 aliphatic rings. The molecule has 0 aliphatic carbocycles. The number of hydrogen-bond donors (Lipinski definition) is 0. The maximum absolute atomic E-state index is 12.3. The summed E-state index contributed by atoms with van der Waals surface area (Å²) in [5.74, 6) is 2.11. The molecule has 2 aromatic heterocycles. The van der Waals surface area contributed by atoms with E-state index in [2.05, 4.69) is 10.1 Å². The van der Waals surface area contributed by atoms with Crippen LogP contribution >= 0.6 is 0 Å². The summed E-state index contributed by atoms with van der Waals surface area (Å²) >= 11 is 0. The Balaban J connectivity index is 1.64. The van der Waals surface area contributed by atoms with Crippen LogP contribution in [-0.2, 0) is 11.2 Å². The van der Waals surface area contributed by atoms with Crippen LogP contribution in [0, 0.1) is 6.92 Å². The van der Waals surface area contributed by atoms with Gasteiger partial charge in [0.05, 0.1) is 12.3 Å². The number of amides is 1. The highest BCUT2D eigenvalue weighted by Crippen LogP contribution is 2.30. The normalized spacial score (nSPS) is 18.6. The molecule has 0 saturated carbocycles. The van der Waals surface area contributed by atoms with E-state index in [1.165, 1.54) is 0 Å². The quantitative estimate of drug-likeness (QED) is 0.855. The molecule has 2 aromatic rings. The van der Waals surface area contributed by atoms with Crippen molar-refractivity contribution in [2.75, 3.05) is 6.54 Å². The van der Waals surface area contributed by atoms with Gasteiger partial charge in [-0.1, -0.05) is 5.16 Å². The molecular weight excluding hydrogens is 258 g/mol. The molecule has 1 saturated heterocycles. The molecule has 0 unspecified atom stereocenters. The number of carbonyl (C=O) groups is 1. The lowest BCUT2D eigenvalue weighted by atomic mass is 10.2. The zero-order chi connectivity index (χ0) is 13.9. The Bertz CT molecular complexity index is 576. The number of carbonyl (C=O) groups excluding carboxylic acids is 1. The molecule has 0 spiro atoms. The summed E-state index contributed by atoms with van der Waals surface area (Å²) in [5.41, 5.74) is 0. The van der Waals surface area contributed by atoms with Crippen molar-refractivity contribution in [2.45, 2.75) is 38.6 Å². The topological polar surface area (TPSA) is 72.4 Å². The average Bonchev–Trinajstić information content (AvgIpc) is 3.16. The molecule has 6 heteroatoms. The lowest BCUT2D eigenvalue weighted by molar-refractivity contribution is -0.132. The van der Waals surface area contributed by atoms with Gasteiger partial charge in [-0.2, -0.15) is 4.98 Å². The first-order chi connectivity index (χ1) is 9.74. The molecule has 6 nitrogen and oxygen atoms in total. The van der Waals surface area contributed by atoms with Crippen molar-refractivity contribution in [3.63, 3.8) is 0 Å². The third-order valence-corrected chi connectivity index (χ3v) is 3.58. The third kappa shape index (κ3) is 2.59. The van der Waals surface area contributed by atoms with E-state index < -0.39 is 0 Å². The van der Waals surface area contributed by atoms with Crippen LogP contribution in [0.2, 0.25) is 0 Å². The molecule has 3 heterocycles. The van der Waals surface area contributed by atoms with Crippen LogP contribution in [0.25, 0.3) is 0 Å². The Morgan fingerprint density at radius 1 is 1.55 bits per heavy atom. The fourth-order valence-corrected chi connectivity index (χ4v) is 2.61. The first-order valence-electron chi connectivity index (χ1n) is 6.86. The minimum absolute atomic E-state index is 0.0449. The van der Waals surface area contributed by atoms with E-state index in [0.29, 0.717) is 24.6 Å². The molecular formula is C14H17N3O3. The second-order valence-electron chi connectivity index (χ2n) is 5.00. The Hall–Kier alpha value is -2.11. The van der Waals surface area contributed by atoms with Crippen LogP contribution < -0.4 is 0 Å². The lowest BCUT2D eigenvalue weighted by Crippen LogP contribution is -2.31. The van der Waals surface area contributed by atoms with Gasteiger partial charge in [-0.3, -0.25) is 4.79 Å². The van der Waals surface area contributed by atoms with Crippen LogP contribution in [0.1, 0.15) is 42.8 Å². The van der Waals surface area contributed by atoms with E-state index in [0.717, 1.165) is 25.1 Å². The molecule has 0 N–H and O–H groups in total. The smallest absolute Gasteiger partial charge is 0.223 e.